The maximum absolute atomic E-state index is 12.8. The van der Waals surface area contributed by atoms with E-state index in [0.717, 1.165) is 11.2 Å². The Bertz CT molecular complexity index is 1030. The lowest BCUT2D eigenvalue weighted by Crippen LogP contribution is -2.40. The fourth-order valence-electron chi connectivity index (χ4n) is 3.68. The van der Waals surface area contributed by atoms with E-state index in [1.807, 2.05) is 43.5 Å². The SMILES string of the molecule is Cc1nc2ccccn2c1C(=O)Nc1ccc(CC(=O)N2CCC(O)CC2)cc1. The molecule has 7 heteroatoms. The number of benzene rings is 1. The third-order valence-corrected chi connectivity index (χ3v) is 5.30. The van der Waals surface area contributed by atoms with Crippen molar-refractivity contribution in [3.05, 3.63) is 65.6 Å². The van der Waals surface area contributed by atoms with Crippen molar-refractivity contribution in [2.75, 3.05) is 18.4 Å². The van der Waals surface area contributed by atoms with Gasteiger partial charge in [-0.15, -0.1) is 0 Å². The zero-order valence-electron chi connectivity index (χ0n) is 16.3. The van der Waals surface area contributed by atoms with Gasteiger partial charge in [0.15, 0.2) is 0 Å². The second-order valence-electron chi connectivity index (χ2n) is 7.41. The number of nitrogens with zero attached hydrogens (tertiary/aromatic N) is 3. The molecule has 3 aromatic rings. The summed E-state index contributed by atoms with van der Waals surface area (Å²) in [5.74, 6) is -0.160. The number of aromatic nitrogens is 2. The lowest BCUT2D eigenvalue weighted by molar-refractivity contribution is -0.132. The summed E-state index contributed by atoms with van der Waals surface area (Å²) >= 11 is 0. The Morgan fingerprint density at radius 1 is 1.14 bits per heavy atom. The summed E-state index contributed by atoms with van der Waals surface area (Å²) in [5.41, 5.74) is 3.46. The standard InChI is InChI=1S/C22H24N4O3/c1-15-21(26-11-3-2-4-19(26)23-15)22(29)24-17-7-5-16(6-8-17)14-20(28)25-12-9-18(27)10-13-25/h2-8,11,18,27H,9-10,12-14H2,1H3,(H,24,29). The van der Waals surface area contributed by atoms with E-state index in [4.69, 9.17) is 0 Å². The van der Waals surface area contributed by atoms with E-state index in [-0.39, 0.29) is 17.9 Å². The molecule has 0 atom stereocenters. The van der Waals surface area contributed by atoms with Gasteiger partial charge in [-0.1, -0.05) is 18.2 Å². The van der Waals surface area contributed by atoms with Gasteiger partial charge in [-0.2, -0.15) is 0 Å². The number of hydrogen-bond donors (Lipinski definition) is 2. The molecule has 0 bridgehead atoms. The highest BCUT2D eigenvalue weighted by atomic mass is 16.3. The molecule has 2 N–H and O–H groups in total. The van der Waals surface area contributed by atoms with Gasteiger partial charge in [-0.3, -0.25) is 14.0 Å². The average molecular weight is 392 g/mol. The number of aryl methyl sites for hydroxylation is 1. The van der Waals surface area contributed by atoms with Gasteiger partial charge in [-0.05, 0) is 49.6 Å². The van der Waals surface area contributed by atoms with Gasteiger partial charge in [0, 0.05) is 25.0 Å². The summed E-state index contributed by atoms with van der Waals surface area (Å²) < 4.78 is 1.77. The quantitative estimate of drug-likeness (QED) is 0.714. The first-order valence-corrected chi connectivity index (χ1v) is 9.81. The summed E-state index contributed by atoms with van der Waals surface area (Å²) in [6.07, 6.45) is 3.12. The van der Waals surface area contributed by atoms with Crippen LogP contribution in [0.2, 0.25) is 0 Å². The minimum Gasteiger partial charge on any atom is -0.393 e. The van der Waals surface area contributed by atoms with Crippen molar-refractivity contribution in [1.82, 2.24) is 14.3 Å². The summed E-state index contributed by atoms with van der Waals surface area (Å²) in [5, 5.41) is 12.5. The second kappa shape index (κ2) is 8.05. The summed E-state index contributed by atoms with van der Waals surface area (Å²) in [6.45, 7) is 3.02. The number of carbonyl (C=O) groups is 2. The van der Waals surface area contributed by atoms with E-state index in [0.29, 0.717) is 49.4 Å². The van der Waals surface area contributed by atoms with Crippen LogP contribution in [0.3, 0.4) is 0 Å². The van der Waals surface area contributed by atoms with Crippen LogP contribution in [-0.2, 0) is 11.2 Å². The van der Waals surface area contributed by atoms with Crippen molar-refractivity contribution in [1.29, 1.82) is 0 Å². The van der Waals surface area contributed by atoms with Crippen LogP contribution in [0, 0.1) is 6.92 Å². The first kappa shape index (κ1) is 19.1. The van der Waals surface area contributed by atoms with Crippen molar-refractivity contribution >= 4 is 23.1 Å². The van der Waals surface area contributed by atoms with Crippen LogP contribution in [0.25, 0.3) is 5.65 Å². The molecule has 29 heavy (non-hydrogen) atoms. The molecule has 2 aromatic heterocycles. The number of imidazole rings is 1. The molecule has 0 saturated carbocycles. The second-order valence-corrected chi connectivity index (χ2v) is 7.41. The predicted molar refractivity (Wildman–Crippen MR) is 110 cm³/mol. The molecule has 1 fully saturated rings. The number of piperidine rings is 1. The number of anilines is 1. The maximum atomic E-state index is 12.8. The number of rotatable bonds is 4. The van der Waals surface area contributed by atoms with Gasteiger partial charge in [0.25, 0.3) is 5.91 Å². The summed E-state index contributed by atoms with van der Waals surface area (Å²) in [7, 11) is 0. The Morgan fingerprint density at radius 2 is 1.86 bits per heavy atom. The molecule has 2 amide bonds. The Balaban J connectivity index is 1.41. The van der Waals surface area contributed by atoms with Crippen LogP contribution in [-0.4, -0.2) is 50.4 Å². The molecule has 3 heterocycles. The molecular weight excluding hydrogens is 368 g/mol. The number of likely N-dealkylation sites (tertiary alicyclic amines) is 1. The molecule has 7 nitrogen and oxygen atoms in total. The fourth-order valence-corrected chi connectivity index (χ4v) is 3.68. The topological polar surface area (TPSA) is 86.9 Å². The van der Waals surface area contributed by atoms with Gasteiger partial charge in [0.2, 0.25) is 5.91 Å². The smallest absolute Gasteiger partial charge is 0.274 e. The largest absolute Gasteiger partial charge is 0.393 e. The van der Waals surface area contributed by atoms with E-state index in [1.54, 1.807) is 21.4 Å². The van der Waals surface area contributed by atoms with Crippen molar-refractivity contribution in [2.45, 2.75) is 32.3 Å². The van der Waals surface area contributed by atoms with Gasteiger partial charge in [0.05, 0.1) is 18.2 Å². The minimum atomic E-state index is -0.293. The van der Waals surface area contributed by atoms with E-state index >= 15 is 0 Å². The summed E-state index contributed by atoms with van der Waals surface area (Å²) in [4.78, 5) is 31.4. The molecule has 150 valence electrons. The molecule has 1 aliphatic heterocycles. The normalized spacial score (nSPS) is 14.9. The molecule has 1 saturated heterocycles. The number of hydrogen-bond acceptors (Lipinski definition) is 4. The number of aliphatic hydroxyl groups excluding tert-OH is 1. The number of carbonyl (C=O) groups excluding carboxylic acids is 2. The van der Waals surface area contributed by atoms with E-state index in [1.165, 1.54) is 0 Å². The van der Waals surface area contributed by atoms with Gasteiger partial charge in [-0.25, -0.2) is 4.98 Å². The van der Waals surface area contributed by atoms with Crippen LogP contribution in [0.15, 0.2) is 48.7 Å². The Hall–Kier alpha value is -3.19. The van der Waals surface area contributed by atoms with E-state index in [9.17, 15) is 14.7 Å². The lowest BCUT2D eigenvalue weighted by Gasteiger charge is -2.29. The average Bonchev–Trinajstić information content (AvgIpc) is 3.05. The van der Waals surface area contributed by atoms with Gasteiger partial charge in [0.1, 0.15) is 11.3 Å². The van der Waals surface area contributed by atoms with Crippen molar-refractivity contribution < 1.29 is 14.7 Å². The number of aliphatic hydroxyl groups is 1. The highest BCUT2D eigenvalue weighted by molar-refractivity contribution is 6.04. The van der Waals surface area contributed by atoms with E-state index < -0.39 is 0 Å². The number of amides is 2. The first-order chi connectivity index (χ1) is 14.0. The Labute approximate surface area is 169 Å². The van der Waals surface area contributed by atoms with Crippen LogP contribution in [0.5, 0.6) is 0 Å². The Kier molecular flexibility index (Phi) is 5.31. The molecule has 0 unspecified atom stereocenters. The zero-order chi connectivity index (χ0) is 20.4. The molecule has 4 rings (SSSR count). The van der Waals surface area contributed by atoms with Crippen molar-refractivity contribution in [3.63, 3.8) is 0 Å². The highest BCUT2D eigenvalue weighted by Crippen LogP contribution is 2.17. The molecular formula is C22H24N4O3. The van der Waals surface area contributed by atoms with Crippen LogP contribution < -0.4 is 5.32 Å². The monoisotopic (exact) mass is 392 g/mol. The highest BCUT2D eigenvalue weighted by Gasteiger charge is 2.21. The van der Waals surface area contributed by atoms with E-state index in [2.05, 4.69) is 10.3 Å². The van der Waals surface area contributed by atoms with Gasteiger partial charge >= 0.3 is 0 Å². The zero-order valence-corrected chi connectivity index (χ0v) is 16.3. The third-order valence-electron chi connectivity index (χ3n) is 5.30. The molecule has 1 aliphatic rings. The van der Waals surface area contributed by atoms with Gasteiger partial charge < -0.3 is 15.3 Å². The number of fused-ring (bicyclic) bond motifs is 1. The minimum absolute atomic E-state index is 0.0649. The summed E-state index contributed by atoms with van der Waals surface area (Å²) in [6, 6.07) is 12.9. The molecule has 0 aliphatic carbocycles. The molecule has 0 radical (unpaired) electrons. The molecule has 0 spiro atoms. The molecule has 1 aromatic carbocycles. The van der Waals surface area contributed by atoms with Crippen molar-refractivity contribution in [3.8, 4) is 0 Å². The number of pyridine rings is 1. The van der Waals surface area contributed by atoms with Crippen LogP contribution in [0.1, 0.15) is 34.6 Å². The first-order valence-electron chi connectivity index (χ1n) is 9.81. The maximum Gasteiger partial charge on any atom is 0.274 e. The van der Waals surface area contributed by atoms with Crippen molar-refractivity contribution in [2.24, 2.45) is 0 Å². The number of nitrogens with one attached hydrogen (secondary N) is 1. The Morgan fingerprint density at radius 3 is 2.59 bits per heavy atom. The predicted octanol–water partition coefficient (Wildman–Crippen LogP) is 2.42. The third kappa shape index (κ3) is 4.14. The van der Waals surface area contributed by atoms with Crippen LogP contribution in [0.4, 0.5) is 5.69 Å². The lowest BCUT2D eigenvalue weighted by atomic mass is 10.1. The fraction of sp³-hybridized carbons (Fsp3) is 0.318. The van der Waals surface area contributed by atoms with Crippen LogP contribution >= 0.6 is 0 Å².